The van der Waals surface area contributed by atoms with Gasteiger partial charge in [0.05, 0.1) is 11.9 Å². The van der Waals surface area contributed by atoms with E-state index in [1.165, 1.54) is 0 Å². The van der Waals surface area contributed by atoms with E-state index in [0.29, 0.717) is 18.2 Å². The minimum absolute atomic E-state index is 0.0680. The number of amides is 1. The van der Waals surface area contributed by atoms with Crippen molar-refractivity contribution in [2.24, 2.45) is 5.92 Å². The Morgan fingerprint density at radius 2 is 2.30 bits per heavy atom. The summed E-state index contributed by atoms with van der Waals surface area (Å²) in [6.45, 7) is 0.688. The molecule has 1 aromatic rings. The fourth-order valence-corrected chi connectivity index (χ4v) is 3.45. The number of carbonyl (C=O) groups is 1. The molecule has 2 rings (SSSR count). The number of thioether (sulfide) groups is 1. The molecule has 110 valence electrons. The summed E-state index contributed by atoms with van der Waals surface area (Å²) in [6, 6.07) is 7.70. The van der Waals surface area contributed by atoms with Gasteiger partial charge in [-0.2, -0.15) is 0 Å². The first kappa shape index (κ1) is 15.7. The highest BCUT2D eigenvalue weighted by molar-refractivity contribution is 7.99. The van der Waals surface area contributed by atoms with E-state index >= 15 is 0 Å². The number of benzene rings is 1. The molecule has 1 aromatic carbocycles. The van der Waals surface area contributed by atoms with Crippen LogP contribution in [0.3, 0.4) is 0 Å². The van der Waals surface area contributed by atoms with Crippen LogP contribution in [0.25, 0.3) is 0 Å². The van der Waals surface area contributed by atoms with Crippen LogP contribution in [-0.4, -0.2) is 29.4 Å². The zero-order valence-electron chi connectivity index (χ0n) is 11.3. The molecule has 0 aromatic heterocycles. The van der Waals surface area contributed by atoms with Gasteiger partial charge < -0.3 is 10.4 Å². The molecule has 5 heteroatoms. The smallest absolute Gasteiger partial charge is 0.230 e. The fourth-order valence-electron chi connectivity index (χ4n) is 2.43. The van der Waals surface area contributed by atoms with Crippen molar-refractivity contribution < 1.29 is 9.90 Å². The fraction of sp³-hybridized carbons (Fsp3) is 0.533. The SMILES string of the molecule is O=C(CSCc1cccc(Cl)c1)NCC1CCC(O)C1. The average Bonchev–Trinajstić information content (AvgIpc) is 2.82. The Hall–Kier alpha value is -0.710. The Kier molecular flexibility index (Phi) is 6.20. The molecule has 1 saturated carbocycles. The predicted molar refractivity (Wildman–Crippen MR) is 84.0 cm³/mol. The molecule has 2 N–H and O–H groups in total. The Morgan fingerprint density at radius 3 is 3.00 bits per heavy atom. The minimum atomic E-state index is -0.172. The summed E-state index contributed by atoms with van der Waals surface area (Å²) in [6.07, 6.45) is 2.52. The molecule has 0 bridgehead atoms. The van der Waals surface area contributed by atoms with E-state index in [1.54, 1.807) is 11.8 Å². The van der Waals surface area contributed by atoms with Gasteiger partial charge in [0.15, 0.2) is 0 Å². The lowest BCUT2D eigenvalue weighted by molar-refractivity contribution is -0.118. The summed E-state index contributed by atoms with van der Waals surface area (Å²) in [4.78, 5) is 11.7. The van der Waals surface area contributed by atoms with Crippen LogP contribution >= 0.6 is 23.4 Å². The van der Waals surface area contributed by atoms with E-state index in [9.17, 15) is 9.90 Å². The van der Waals surface area contributed by atoms with Crippen molar-refractivity contribution in [3.63, 3.8) is 0 Å². The highest BCUT2D eigenvalue weighted by Crippen LogP contribution is 2.24. The van der Waals surface area contributed by atoms with Crippen LogP contribution in [0.1, 0.15) is 24.8 Å². The number of nitrogens with one attached hydrogen (secondary N) is 1. The van der Waals surface area contributed by atoms with E-state index in [1.807, 2.05) is 24.3 Å². The van der Waals surface area contributed by atoms with Crippen molar-refractivity contribution >= 4 is 29.3 Å². The Balaban J connectivity index is 1.60. The topological polar surface area (TPSA) is 49.3 Å². The van der Waals surface area contributed by atoms with Gasteiger partial charge in [-0.15, -0.1) is 11.8 Å². The molecule has 2 atom stereocenters. The summed E-state index contributed by atoms with van der Waals surface area (Å²) >= 11 is 7.50. The van der Waals surface area contributed by atoms with Crippen LogP contribution in [-0.2, 0) is 10.5 Å². The molecule has 2 unspecified atom stereocenters. The van der Waals surface area contributed by atoms with Crippen molar-refractivity contribution in [2.45, 2.75) is 31.1 Å². The normalized spacial score (nSPS) is 21.9. The van der Waals surface area contributed by atoms with E-state index in [4.69, 9.17) is 11.6 Å². The number of hydrogen-bond donors (Lipinski definition) is 2. The second-order valence-electron chi connectivity index (χ2n) is 5.26. The zero-order chi connectivity index (χ0) is 14.4. The average molecular weight is 314 g/mol. The van der Waals surface area contributed by atoms with Gasteiger partial charge >= 0.3 is 0 Å². The van der Waals surface area contributed by atoms with Gasteiger partial charge in [0.1, 0.15) is 0 Å². The third kappa shape index (κ3) is 5.35. The number of aliphatic hydroxyl groups is 1. The van der Waals surface area contributed by atoms with Gasteiger partial charge in [0.2, 0.25) is 5.91 Å². The summed E-state index contributed by atoms with van der Waals surface area (Å²) in [7, 11) is 0. The lowest BCUT2D eigenvalue weighted by atomic mass is 10.1. The summed E-state index contributed by atoms with van der Waals surface area (Å²) in [5.74, 6) is 1.75. The number of halogens is 1. The van der Waals surface area contributed by atoms with E-state index in [-0.39, 0.29) is 12.0 Å². The third-order valence-electron chi connectivity index (χ3n) is 3.49. The van der Waals surface area contributed by atoms with Crippen molar-refractivity contribution in [1.29, 1.82) is 0 Å². The van der Waals surface area contributed by atoms with Gasteiger partial charge in [-0.25, -0.2) is 0 Å². The largest absolute Gasteiger partial charge is 0.393 e. The lowest BCUT2D eigenvalue weighted by Gasteiger charge is -2.10. The molecule has 0 saturated heterocycles. The number of aliphatic hydroxyl groups excluding tert-OH is 1. The minimum Gasteiger partial charge on any atom is -0.393 e. The maximum absolute atomic E-state index is 11.7. The van der Waals surface area contributed by atoms with Gasteiger partial charge in [-0.3, -0.25) is 4.79 Å². The third-order valence-corrected chi connectivity index (χ3v) is 4.73. The van der Waals surface area contributed by atoms with Crippen molar-refractivity contribution in [3.05, 3.63) is 34.9 Å². The van der Waals surface area contributed by atoms with Gasteiger partial charge in [0, 0.05) is 17.3 Å². The molecular weight excluding hydrogens is 294 g/mol. The van der Waals surface area contributed by atoms with Crippen LogP contribution in [0.5, 0.6) is 0 Å². The number of carbonyl (C=O) groups excluding carboxylic acids is 1. The van der Waals surface area contributed by atoms with E-state index in [2.05, 4.69) is 5.32 Å². The second-order valence-corrected chi connectivity index (χ2v) is 6.68. The van der Waals surface area contributed by atoms with Crippen molar-refractivity contribution in [2.75, 3.05) is 12.3 Å². The summed E-state index contributed by atoms with van der Waals surface area (Å²) < 4.78 is 0. The molecule has 0 aliphatic heterocycles. The maximum Gasteiger partial charge on any atom is 0.230 e. The Bertz CT molecular complexity index is 455. The van der Waals surface area contributed by atoms with Crippen molar-refractivity contribution in [3.8, 4) is 0 Å². The van der Waals surface area contributed by atoms with Crippen LogP contribution in [0.2, 0.25) is 5.02 Å². The number of hydrogen-bond acceptors (Lipinski definition) is 3. The maximum atomic E-state index is 11.7. The molecule has 0 spiro atoms. The quantitative estimate of drug-likeness (QED) is 0.849. The molecule has 1 amide bonds. The van der Waals surface area contributed by atoms with Gasteiger partial charge in [-0.1, -0.05) is 23.7 Å². The summed E-state index contributed by atoms with van der Waals surface area (Å²) in [5.41, 5.74) is 1.13. The second kappa shape index (κ2) is 7.91. The molecular formula is C15H20ClNO2S. The highest BCUT2D eigenvalue weighted by Gasteiger charge is 2.22. The monoisotopic (exact) mass is 313 g/mol. The molecule has 0 heterocycles. The number of rotatable bonds is 6. The molecule has 0 radical (unpaired) electrons. The summed E-state index contributed by atoms with van der Waals surface area (Å²) in [5, 5.41) is 13.1. The van der Waals surface area contributed by atoms with E-state index < -0.39 is 0 Å². The zero-order valence-corrected chi connectivity index (χ0v) is 12.9. The van der Waals surface area contributed by atoms with Crippen molar-refractivity contribution in [1.82, 2.24) is 5.32 Å². The first-order chi connectivity index (χ1) is 9.63. The van der Waals surface area contributed by atoms with E-state index in [0.717, 1.165) is 35.6 Å². The van der Waals surface area contributed by atoms with Crippen LogP contribution in [0, 0.1) is 5.92 Å². The van der Waals surface area contributed by atoms with Crippen LogP contribution in [0.4, 0.5) is 0 Å². The van der Waals surface area contributed by atoms with Gasteiger partial charge in [-0.05, 0) is 42.9 Å². The molecule has 20 heavy (non-hydrogen) atoms. The highest BCUT2D eigenvalue weighted by atomic mass is 35.5. The Labute approximate surface area is 129 Å². The Morgan fingerprint density at radius 1 is 1.45 bits per heavy atom. The molecule has 3 nitrogen and oxygen atoms in total. The first-order valence-electron chi connectivity index (χ1n) is 6.90. The lowest BCUT2D eigenvalue weighted by Crippen LogP contribution is -2.30. The van der Waals surface area contributed by atoms with Gasteiger partial charge in [0.25, 0.3) is 0 Å². The predicted octanol–water partition coefficient (Wildman–Crippen LogP) is 2.85. The molecule has 1 aliphatic rings. The standard InChI is InChI=1S/C15H20ClNO2S/c16-13-3-1-2-12(6-13)9-20-10-15(19)17-8-11-4-5-14(18)7-11/h1-3,6,11,14,18H,4-5,7-10H2,(H,17,19). The van der Waals surface area contributed by atoms with Crippen LogP contribution < -0.4 is 5.32 Å². The first-order valence-corrected chi connectivity index (χ1v) is 8.43. The van der Waals surface area contributed by atoms with Crippen LogP contribution in [0.15, 0.2) is 24.3 Å². The molecule has 1 aliphatic carbocycles. The molecule has 1 fully saturated rings.